The van der Waals surface area contributed by atoms with Gasteiger partial charge in [-0.15, -0.1) is 11.3 Å². The molecule has 0 aliphatic heterocycles. The Labute approximate surface area is 113 Å². The molecular weight excluding hydrogens is 290 g/mol. The van der Waals surface area contributed by atoms with Gasteiger partial charge in [-0.05, 0) is 13.0 Å². The summed E-state index contributed by atoms with van der Waals surface area (Å²) in [7, 11) is -3.78. The molecule has 0 amide bonds. The summed E-state index contributed by atoms with van der Waals surface area (Å²) in [5, 5.41) is 11.1. The lowest BCUT2D eigenvalue weighted by molar-refractivity contribution is 0.0691. The molecule has 1 atom stereocenters. The Bertz CT molecular complexity index is 675. The maximum atomic E-state index is 12.0. The van der Waals surface area contributed by atoms with E-state index in [2.05, 4.69) is 14.7 Å². The lowest BCUT2D eigenvalue weighted by atomic mass is 10.4. The van der Waals surface area contributed by atoms with Crippen LogP contribution in [0.15, 0.2) is 28.7 Å². The van der Waals surface area contributed by atoms with E-state index in [0.29, 0.717) is 5.01 Å². The van der Waals surface area contributed by atoms with Crippen molar-refractivity contribution in [1.29, 1.82) is 0 Å². The summed E-state index contributed by atoms with van der Waals surface area (Å²) in [4.78, 5) is 17.0. The van der Waals surface area contributed by atoms with Crippen LogP contribution in [0.2, 0.25) is 0 Å². The minimum absolute atomic E-state index is 0.117. The molecule has 0 saturated carbocycles. The molecule has 9 heteroatoms. The number of aromatic nitrogens is 2. The molecule has 2 aromatic heterocycles. The van der Waals surface area contributed by atoms with Crippen molar-refractivity contribution < 1.29 is 18.3 Å². The Hall–Kier alpha value is -1.71. The summed E-state index contributed by atoms with van der Waals surface area (Å²) in [5.41, 5.74) is -0.178. The first-order valence-electron chi connectivity index (χ1n) is 5.23. The molecule has 0 fully saturated rings. The fourth-order valence-corrected chi connectivity index (χ4v) is 3.37. The van der Waals surface area contributed by atoms with Crippen LogP contribution in [0.4, 0.5) is 0 Å². The second-order valence-electron chi connectivity index (χ2n) is 3.77. The topological polar surface area (TPSA) is 112 Å². The summed E-state index contributed by atoms with van der Waals surface area (Å²) in [5.74, 6) is -1.21. The van der Waals surface area contributed by atoms with E-state index in [9.17, 15) is 13.2 Å². The van der Waals surface area contributed by atoms with Crippen LogP contribution >= 0.6 is 11.3 Å². The van der Waals surface area contributed by atoms with E-state index >= 15 is 0 Å². The molecule has 0 aliphatic rings. The maximum absolute atomic E-state index is 12.0. The molecular formula is C10H11N3O4S2. The predicted molar refractivity (Wildman–Crippen MR) is 68.6 cm³/mol. The number of aromatic carboxylic acids is 1. The molecule has 0 bridgehead atoms. The van der Waals surface area contributed by atoms with Crippen molar-refractivity contribution in [1.82, 2.24) is 14.7 Å². The summed E-state index contributed by atoms with van der Waals surface area (Å²) in [6.45, 7) is 1.67. The fourth-order valence-electron chi connectivity index (χ4n) is 1.45. The molecule has 0 spiro atoms. The lowest BCUT2D eigenvalue weighted by Crippen LogP contribution is -2.26. The van der Waals surface area contributed by atoms with Crippen molar-refractivity contribution in [3.05, 3.63) is 34.5 Å². The SMILES string of the molecule is CC(NS(=O)(=O)c1c[nH]c(C(=O)O)c1)c1nccs1. The first-order chi connectivity index (χ1) is 8.90. The van der Waals surface area contributed by atoms with E-state index < -0.39 is 22.0 Å². The molecule has 1 unspecified atom stereocenters. The maximum Gasteiger partial charge on any atom is 0.352 e. The normalized spacial score (nSPS) is 13.3. The quantitative estimate of drug-likeness (QED) is 0.768. The van der Waals surface area contributed by atoms with Crippen molar-refractivity contribution in [3.63, 3.8) is 0 Å². The monoisotopic (exact) mass is 301 g/mol. The Morgan fingerprint density at radius 2 is 2.32 bits per heavy atom. The molecule has 7 nitrogen and oxygen atoms in total. The second kappa shape index (κ2) is 5.11. The van der Waals surface area contributed by atoms with Crippen LogP contribution in [0.3, 0.4) is 0 Å². The highest BCUT2D eigenvalue weighted by Gasteiger charge is 2.22. The van der Waals surface area contributed by atoms with Crippen molar-refractivity contribution >= 4 is 27.3 Å². The van der Waals surface area contributed by atoms with Gasteiger partial charge in [0.05, 0.1) is 6.04 Å². The number of carbonyl (C=O) groups is 1. The second-order valence-corrected chi connectivity index (χ2v) is 6.41. The van der Waals surface area contributed by atoms with Crippen molar-refractivity contribution in [3.8, 4) is 0 Å². The molecule has 0 saturated heterocycles. The van der Waals surface area contributed by atoms with Gasteiger partial charge in [-0.1, -0.05) is 0 Å². The van der Waals surface area contributed by atoms with Crippen LogP contribution < -0.4 is 4.72 Å². The van der Waals surface area contributed by atoms with Gasteiger partial charge in [-0.3, -0.25) is 0 Å². The number of nitrogens with one attached hydrogen (secondary N) is 2. The van der Waals surface area contributed by atoms with E-state index in [1.807, 2.05) is 0 Å². The number of H-pyrrole nitrogens is 1. The third kappa shape index (κ3) is 3.00. The third-order valence-electron chi connectivity index (χ3n) is 2.35. The van der Waals surface area contributed by atoms with E-state index in [1.165, 1.54) is 11.3 Å². The van der Waals surface area contributed by atoms with E-state index in [4.69, 9.17) is 5.11 Å². The number of sulfonamides is 1. The van der Waals surface area contributed by atoms with Gasteiger partial charge in [-0.2, -0.15) is 0 Å². The first-order valence-corrected chi connectivity index (χ1v) is 7.60. The van der Waals surface area contributed by atoms with E-state index in [-0.39, 0.29) is 10.6 Å². The first kappa shape index (κ1) is 13.7. The number of rotatable bonds is 5. The lowest BCUT2D eigenvalue weighted by Gasteiger charge is -2.10. The number of carboxylic acid groups (broad SMARTS) is 1. The molecule has 2 rings (SSSR count). The number of nitrogens with zero attached hydrogens (tertiary/aromatic N) is 1. The van der Waals surface area contributed by atoms with Crippen LogP contribution in [0.1, 0.15) is 28.5 Å². The fraction of sp³-hybridized carbons (Fsp3) is 0.200. The average molecular weight is 301 g/mol. The summed E-state index contributed by atoms with van der Waals surface area (Å²) in [6, 6.07) is 0.590. The zero-order valence-corrected chi connectivity index (χ0v) is 11.5. The summed E-state index contributed by atoms with van der Waals surface area (Å²) < 4.78 is 26.5. The van der Waals surface area contributed by atoms with Gasteiger partial charge in [0.15, 0.2) is 0 Å². The Morgan fingerprint density at radius 1 is 1.58 bits per heavy atom. The van der Waals surface area contributed by atoms with Gasteiger partial charge in [-0.25, -0.2) is 22.9 Å². The number of aromatic amines is 1. The van der Waals surface area contributed by atoms with Crippen LogP contribution in [-0.4, -0.2) is 29.5 Å². The molecule has 0 aromatic carbocycles. The molecule has 0 radical (unpaired) electrons. The standard InChI is InChI=1S/C10H11N3O4S2/c1-6(9-11-2-3-18-9)13-19(16,17)7-4-8(10(14)15)12-5-7/h2-6,12-13H,1H3,(H,14,15). The Balaban J connectivity index is 2.20. The number of carboxylic acids is 1. The predicted octanol–water partition coefficient (Wildman–Crippen LogP) is 1.21. The number of hydrogen-bond donors (Lipinski definition) is 3. The molecule has 2 heterocycles. The van der Waals surface area contributed by atoms with Gasteiger partial charge < -0.3 is 10.1 Å². The van der Waals surface area contributed by atoms with Gasteiger partial charge in [0.1, 0.15) is 15.6 Å². The highest BCUT2D eigenvalue weighted by Crippen LogP contribution is 2.19. The van der Waals surface area contributed by atoms with Crippen LogP contribution in [0.25, 0.3) is 0 Å². The van der Waals surface area contributed by atoms with Crippen molar-refractivity contribution in [2.45, 2.75) is 17.9 Å². The highest BCUT2D eigenvalue weighted by atomic mass is 32.2. The van der Waals surface area contributed by atoms with E-state index in [0.717, 1.165) is 12.3 Å². The number of thiazole rings is 1. The Kier molecular flexibility index (Phi) is 3.69. The van der Waals surface area contributed by atoms with Gasteiger partial charge >= 0.3 is 5.97 Å². The molecule has 3 N–H and O–H groups in total. The van der Waals surface area contributed by atoms with Gasteiger partial charge in [0.25, 0.3) is 0 Å². The number of hydrogen-bond acceptors (Lipinski definition) is 5. The minimum Gasteiger partial charge on any atom is -0.477 e. The van der Waals surface area contributed by atoms with Crippen molar-refractivity contribution in [2.75, 3.05) is 0 Å². The van der Waals surface area contributed by atoms with Crippen LogP contribution in [0.5, 0.6) is 0 Å². The third-order valence-corrected chi connectivity index (χ3v) is 4.83. The van der Waals surface area contributed by atoms with Crippen molar-refractivity contribution in [2.24, 2.45) is 0 Å². The summed E-state index contributed by atoms with van der Waals surface area (Å²) in [6.07, 6.45) is 2.73. The highest BCUT2D eigenvalue weighted by molar-refractivity contribution is 7.89. The Morgan fingerprint density at radius 3 is 2.84 bits per heavy atom. The average Bonchev–Trinajstić information content (AvgIpc) is 3.00. The summed E-state index contributed by atoms with van der Waals surface area (Å²) >= 11 is 1.34. The van der Waals surface area contributed by atoms with Crippen LogP contribution in [-0.2, 0) is 10.0 Å². The molecule has 2 aromatic rings. The van der Waals surface area contributed by atoms with Gasteiger partial charge in [0.2, 0.25) is 10.0 Å². The van der Waals surface area contributed by atoms with E-state index in [1.54, 1.807) is 18.5 Å². The zero-order chi connectivity index (χ0) is 14.0. The largest absolute Gasteiger partial charge is 0.477 e. The van der Waals surface area contributed by atoms with Crippen LogP contribution in [0, 0.1) is 0 Å². The van der Waals surface area contributed by atoms with Gasteiger partial charge in [0, 0.05) is 17.8 Å². The molecule has 19 heavy (non-hydrogen) atoms. The zero-order valence-electron chi connectivity index (χ0n) is 9.82. The molecule has 0 aliphatic carbocycles. The smallest absolute Gasteiger partial charge is 0.352 e. The molecule has 102 valence electrons. The minimum atomic E-state index is -3.78.